The smallest absolute Gasteiger partial charge is 0.155 e. The summed E-state index contributed by atoms with van der Waals surface area (Å²) < 4.78 is 7.77. The Morgan fingerprint density at radius 2 is 1.66 bits per heavy atom. The number of rotatable bonds is 2. The molecule has 0 atom stereocenters. The van der Waals surface area contributed by atoms with E-state index in [4.69, 9.17) is 9.40 Å². The third kappa shape index (κ3) is 3.32. The average Bonchev–Trinajstić information content (AvgIpc) is 3.28. The molecule has 0 unspecified atom stereocenters. The summed E-state index contributed by atoms with van der Waals surface area (Å²) in [5.41, 5.74) is 6.95. The normalized spacial score (nSPS) is 13.0. The van der Waals surface area contributed by atoms with Crippen LogP contribution in [0.5, 0.6) is 0 Å². The van der Waals surface area contributed by atoms with Crippen LogP contribution in [0.3, 0.4) is 0 Å². The van der Waals surface area contributed by atoms with Gasteiger partial charge in [0, 0.05) is 15.8 Å². The highest BCUT2D eigenvalue weighted by molar-refractivity contribution is 7.20. The molecule has 2 aromatic carbocycles. The van der Waals surface area contributed by atoms with Gasteiger partial charge in [0.2, 0.25) is 0 Å². The molecular weight excluding hydrogens is 426 g/mol. The molecule has 0 aliphatic heterocycles. The molecule has 3 aromatic heterocycles. The van der Waals surface area contributed by atoms with Crippen LogP contribution in [0, 0.1) is 13.8 Å². The minimum atomic E-state index is -1.61. The Bertz CT molecular complexity index is 1510. The summed E-state index contributed by atoms with van der Waals surface area (Å²) >= 11 is 1.81. The predicted molar refractivity (Wildman–Crippen MR) is 143 cm³/mol. The number of benzene rings is 2. The summed E-state index contributed by atoms with van der Waals surface area (Å²) in [6, 6.07) is 15.6. The van der Waals surface area contributed by atoms with E-state index in [-0.39, 0.29) is 5.41 Å². The minimum Gasteiger partial charge on any atom is -0.465 e. The summed E-state index contributed by atoms with van der Waals surface area (Å²) in [6.07, 6.45) is 0. The summed E-state index contributed by atoms with van der Waals surface area (Å²) in [6.45, 7) is 18.3. The highest BCUT2D eigenvalue weighted by Crippen LogP contribution is 2.41. The van der Waals surface area contributed by atoms with Crippen LogP contribution in [0.2, 0.25) is 19.6 Å². The number of thiophene rings is 1. The number of furan rings is 1. The molecule has 0 spiro atoms. The van der Waals surface area contributed by atoms with Crippen molar-refractivity contribution in [1.29, 1.82) is 0 Å². The fourth-order valence-electron chi connectivity index (χ4n) is 4.47. The van der Waals surface area contributed by atoms with E-state index in [1.165, 1.54) is 37.0 Å². The number of nitrogens with zero attached hydrogens (tertiary/aromatic N) is 1. The predicted octanol–water partition coefficient (Wildman–Crippen LogP) is 8.32. The maximum Gasteiger partial charge on any atom is 0.155 e. The zero-order valence-electron chi connectivity index (χ0n) is 20.3. The lowest BCUT2D eigenvalue weighted by Crippen LogP contribution is -2.36. The lowest BCUT2D eigenvalue weighted by atomic mass is 9.82. The van der Waals surface area contributed by atoms with E-state index in [2.05, 4.69) is 96.7 Å². The fraction of sp³-hybridized carbons (Fsp3) is 0.321. The third-order valence-corrected chi connectivity index (χ3v) is 9.37. The molecule has 164 valence electrons. The first-order chi connectivity index (χ1) is 14.9. The van der Waals surface area contributed by atoms with Crippen LogP contribution >= 0.6 is 11.3 Å². The zero-order chi connectivity index (χ0) is 23.0. The highest BCUT2D eigenvalue weighted by Gasteiger charge is 2.26. The first kappa shape index (κ1) is 21.4. The van der Waals surface area contributed by atoms with Gasteiger partial charge >= 0.3 is 0 Å². The van der Waals surface area contributed by atoms with Crippen LogP contribution in [0.15, 0.2) is 46.9 Å². The Morgan fingerprint density at radius 1 is 0.938 bits per heavy atom. The molecule has 0 saturated carbocycles. The van der Waals surface area contributed by atoms with Crippen LogP contribution in [0.1, 0.15) is 36.8 Å². The van der Waals surface area contributed by atoms with Gasteiger partial charge in [-0.1, -0.05) is 64.7 Å². The first-order valence-corrected chi connectivity index (χ1v) is 15.6. The van der Waals surface area contributed by atoms with Crippen molar-refractivity contribution in [1.82, 2.24) is 4.98 Å². The van der Waals surface area contributed by atoms with E-state index >= 15 is 0 Å². The second-order valence-corrected chi connectivity index (χ2v) is 17.2. The summed E-state index contributed by atoms with van der Waals surface area (Å²) in [7, 11) is -1.61. The molecule has 5 rings (SSSR count). The van der Waals surface area contributed by atoms with Gasteiger partial charge in [0.25, 0.3) is 0 Å². The van der Waals surface area contributed by atoms with Gasteiger partial charge in [-0.2, -0.15) is 0 Å². The molecule has 0 radical (unpaired) electrons. The summed E-state index contributed by atoms with van der Waals surface area (Å²) in [4.78, 5) is 6.60. The largest absolute Gasteiger partial charge is 0.465 e. The van der Waals surface area contributed by atoms with Crippen LogP contribution in [0.25, 0.3) is 43.2 Å². The molecule has 0 amide bonds. The molecule has 5 aromatic rings. The monoisotopic (exact) mass is 457 g/mol. The summed E-state index contributed by atoms with van der Waals surface area (Å²) in [5, 5.41) is 4.87. The Hall–Kier alpha value is -2.43. The molecule has 0 aliphatic rings. The number of hydrogen-bond donors (Lipinski definition) is 0. The van der Waals surface area contributed by atoms with Gasteiger partial charge in [0.15, 0.2) is 5.58 Å². The topological polar surface area (TPSA) is 26.0 Å². The molecule has 4 heteroatoms. The number of pyridine rings is 1. The number of aromatic nitrogens is 1. The maximum absolute atomic E-state index is 6.59. The standard InChI is InChI=1S/C28H31NOSSi/c1-16-17(2)31-27-24(16)29-25(21-15-23(30-26(21)27)32(6,7)8)19-13-18-11-9-10-12-20(18)22(14-19)28(3,4)5/h9-15H,1-8H3. The Kier molecular flexibility index (Phi) is 4.71. The number of aryl methyl sites for hydroxylation is 2. The van der Waals surface area contributed by atoms with Crippen molar-refractivity contribution in [2.75, 3.05) is 0 Å². The molecule has 0 N–H and O–H groups in total. The van der Waals surface area contributed by atoms with E-state index in [0.29, 0.717) is 0 Å². The first-order valence-electron chi connectivity index (χ1n) is 11.3. The van der Waals surface area contributed by atoms with Crippen molar-refractivity contribution >= 4 is 56.8 Å². The van der Waals surface area contributed by atoms with Crippen molar-refractivity contribution in [3.63, 3.8) is 0 Å². The molecule has 0 fully saturated rings. The van der Waals surface area contributed by atoms with E-state index in [1.54, 1.807) is 11.3 Å². The maximum atomic E-state index is 6.59. The molecule has 2 nitrogen and oxygen atoms in total. The van der Waals surface area contributed by atoms with Crippen LogP contribution in [0.4, 0.5) is 0 Å². The van der Waals surface area contributed by atoms with Crippen molar-refractivity contribution in [2.45, 2.75) is 59.7 Å². The van der Waals surface area contributed by atoms with Crippen LogP contribution < -0.4 is 5.38 Å². The van der Waals surface area contributed by atoms with Gasteiger partial charge in [-0.15, -0.1) is 11.3 Å². The minimum absolute atomic E-state index is 0.0353. The molecule has 0 aliphatic carbocycles. The van der Waals surface area contributed by atoms with E-state index < -0.39 is 8.07 Å². The van der Waals surface area contributed by atoms with Crippen LogP contribution in [-0.4, -0.2) is 13.1 Å². The van der Waals surface area contributed by atoms with Crippen molar-refractivity contribution < 1.29 is 4.42 Å². The van der Waals surface area contributed by atoms with Gasteiger partial charge in [0.05, 0.1) is 21.3 Å². The Morgan fingerprint density at radius 3 is 2.34 bits per heavy atom. The van der Waals surface area contributed by atoms with E-state index in [0.717, 1.165) is 27.6 Å². The van der Waals surface area contributed by atoms with Crippen LogP contribution in [-0.2, 0) is 5.41 Å². The Balaban J connectivity index is 1.92. The second kappa shape index (κ2) is 7.03. The van der Waals surface area contributed by atoms with Crippen molar-refractivity contribution in [2.24, 2.45) is 0 Å². The molecule has 3 heterocycles. The third-order valence-electron chi connectivity index (χ3n) is 6.45. The number of hydrogen-bond acceptors (Lipinski definition) is 3. The zero-order valence-corrected chi connectivity index (χ0v) is 22.1. The molecular formula is C28H31NOSSi. The highest BCUT2D eigenvalue weighted by atomic mass is 32.1. The van der Waals surface area contributed by atoms with Gasteiger partial charge in [0.1, 0.15) is 8.07 Å². The fourth-order valence-corrected chi connectivity index (χ4v) is 6.55. The summed E-state index contributed by atoms with van der Waals surface area (Å²) in [5.74, 6) is 0. The van der Waals surface area contributed by atoms with E-state index in [1.807, 2.05) is 0 Å². The quantitative estimate of drug-likeness (QED) is 0.249. The Labute approximate surface area is 195 Å². The lowest BCUT2D eigenvalue weighted by molar-refractivity contribution is 0.596. The van der Waals surface area contributed by atoms with Gasteiger partial charge < -0.3 is 4.42 Å². The second-order valence-electron chi connectivity index (χ2n) is 11.0. The molecule has 32 heavy (non-hydrogen) atoms. The van der Waals surface area contributed by atoms with Gasteiger partial charge in [-0.3, -0.25) is 0 Å². The van der Waals surface area contributed by atoms with Gasteiger partial charge in [-0.25, -0.2) is 4.98 Å². The number of fused-ring (bicyclic) bond motifs is 4. The van der Waals surface area contributed by atoms with Gasteiger partial charge in [-0.05, 0) is 59.4 Å². The lowest BCUT2D eigenvalue weighted by Gasteiger charge is -2.23. The van der Waals surface area contributed by atoms with Crippen molar-refractivity contribution in [3.8, 4) is 11.3 Å². The average molecular weight is 458 g/mol. The SMILES string of the molecule is Cc1sc2c(nc(-c3cc(C(C)(C)C)c4ccccc4c3)c3cc([Si](C)(C)C)oc32)c1C. The van der Waals surface area contributed by atoms with Crippen molar-refractivity contribution in [3.05, 3.63) is 58.5 Å². The van der Waals surface area contributed by atoms with E-state index in [9.17, 15) is 0 Å². The molecule has 0 bridgehead atoms. The molecule has 0 saturated heterocycles.